The first-order valence-corrected chi connectivity index (χ1v) is 11.1. The van der Waals surface area contributed by atoms with E-state index in [1.807, 2.05) is 11.0 Å². The first kappa shape index (κ1) is 20.5. The molecule has 0 aliphatic carbocycles. The van der Waals surface area contributed by atoms with Crippen molar-refractivity contribution in [2.24, 2.45) is 0 Å². The van der Waals surface area contributed by atoms with Crippen LogP contribution in [0.1, 0.15) is 5.56 Å². The molecular weight excluding hydrogens is 426 g/mol. The standard InChI is InChI=1S/C20H18ClN5O3S/c21-16-5-6-18-17(11-16)20(27)25(13-23-18)14-24-7-9-26(10-8-24)30(28,29)19-4-2-1-3-15(19)12-22/h1-6,11,13H,7-10,14H2. The highest BCUT2D eigenvalue weighted by molar-refractivity contribution is 7.89. The van der Waals surface area contributed by atoms with Gasteiger partial charge in [0.05, 0.1) is 34.4 Å². The Morgan fingerprint density at radius 3 is 2.57 bits per heavy atom. The molecule has 0 saturated carbocycles. The molecule has 0 radical (unpaired) electrons. The maximum Gasteiger partial charge on any atom is 0.262 e. The highest BCUT2D eigenvalue weighted by Gasteiger charge is 2.30. The van der Waals surface area contributed by atoms with Gasteiger partial charge in [-0.05, 0) is 30.3 Å². The SMILES string of the molecule is N#Cc1ccccc1S(=O)(=O)N1CCN(Cn2cnc3ccc(Cl)cc3c2=O)CC1. The van der Waals surface area contributed by atoms with Crippen LogP contribution < -0.4 is 5.56 Å². The zero-order chi connectivity index (χ0) is 21.3. The van der Waals surface area contributed by atoms with Crippen LogP contribution in [0.25, 0.3) is 10.9 Å². The molecule has 0 bridgehead atoms. The lowest BCUT2D eigenvalue weighted by molar-refractivity contribution is 0.150. The topological polar surface area (TPSA) is 99.3 Å². The van der Waals surface area contributed by atoms with Crippen LogP contribution in [0.4, 0.5) is 0 Å². The first-order chi connectivity index (χ1) is 14.4. The number of aromatic nitrogens is 2. The van der Waals surface area contributed by atoms with E-state index in [0.717, 1.165) is 0 Å². The van der Waals surface area contributed by atoms with Crippen LogP contribution in [0, 0.1) is 11.3 Å². The maximum absolute atomic E-state index is 12.9. The number of benzene rings is 2. The van der Waals surface area contributed by atoms with Gasteiger partial charge in [-0.2, -0.15) is 9.57 Å². The average molecular weight is 444 g/mol. The Morgan fingerprint density at radius 1 is 1.10 bits per heavy atom. The molecule has 0 atom stereocenters. The molecule has 0 amide bonds. The largest absolute Gasteiger partial charge is 0.285 e. The molecule has 1 aliphatic rings. The van der Waals surface area contributed by atoms with Gasteiger partial charge in [0, 0.05) is 31.2 Å². The van der Waals surface area contributed by atoms with Crippen molar-refractivity contribution in [3.8, 4) is 6.07 Å². The molecule has 2 aromatic carbocycles. The number of piperazine rings is 1. The van der Waals surface area contributed by atoms with Crippen molar-refractivity contribution in [2.75, 3.05) is 26.2 Å². The third-order valence-electron chi connectivity index (χ3n) is 5.10. The highest BCUT2D eigenvalue weighted by Crippen LogP contribution is 2.21. The summed E-state index contributed by atoms with van der Waals surface area (Å²) in [7, 11) is -3.75. The lowest BCUT2D eigenvalue weighted by Crippen LogP contribution is -2.49. The van der Waals surface area contributed by atoms with Gasteiger partial charge in [0.2, 0.25) is 10.0 Å². The molecule has 3 aromatic rings. The van der Waals surface area contributed by atoms with Crippen LogP contribution >= 0.6 is 11.6 Å². The van der Waals surface area contributed by atoms with Gasteiger partial charge >= 0.3 is 0 Å². The van der Waals surface area contributed by atoms with E-state index in [2.05, 4.69) is 4.98 Å². The molecule has 1 aromatic heterocycles. The van der Waals surface area contributed by atoms with Crippen LogP contribution in [-0.2, 0) is 16.7 Å². The lowest BCUT2D eigenvalue weighted by atomic mass is 10.2. The van der Waals surface area contributed by atoms with Crippen LogP contribution in [0.3, 0.4) is 0 Å². The molecule has 1 aliphatic heterocycles. The van der Waals surface area contributed by atoms with Crippen molar-refractivity contribution in [3.63, 3.8) is 0 Å². The van der Waals surface area contributed by atoms with Gasteiger partial charge in [0.15, 0.2) is 0 Å². The Hall–Kier alpha value is -2.77. The van der Waals surface area contributed by atoms with Crippen molar-refractivity contribution >= 4 is 32.5 Å². The molecule has 0 N–H and O–H groups in total. The van der Waals surface area contributed by atoms with Gasteiger partial charge in [0.25, 0.3) is 5.56 Å². The summed E-state index contributed by atoms with van der Waals surface area (Å²) in [5.41, 5.74) is 0.514. The maximum atomic E-state index is 12.9. The number of fused-ring (bicyclic) bond motifs is 1. The third-order valence-corrected chi connectivity index (χ3v) is 7.29. The Labute approximate surface area is 178 Å². The Morgan fingerprint density at radius 2 is 1.83 bits per heavy atom. The van der Waals surface area contributed by atoms with Gasteiger partial charge in [0.1, 0.15) is 6.07 Å². The number of nitrogens with zero attached hydrogens (tertiary/aromatic N) is 5. The number of rotatable bonds is 4. The Kier molecular flexibility index (Phi) is 5.58. The van der Waals surface area contributed by atoms with E-state index in [0.29, 0.717) is 35.7 Å². The molecule has 0 unspecified atom stereocenters. The fraction of sp³-hybridized carbons (Fsp3) is 0.250. The van der Waals surface area contributed by atoms with E-state index in [-0.39, 0.29) is 29.1 Å². The zero-order valence-corrected chi connectivity index (χ0v) is 17.5. The molecule has 1 saturated heterocycles. The number of halogens is 1. The second-order valence-corrected chi connectivity index (χ2v) is 9.30. The predicted molar refractivity (Wildman–Crippen MR) is 113 cm³/mol. The minimum atomic E-state index is -3.75. The summed E-state index contributed by atoms with van der Waals surface area (Å²) in [6.45, 7) is 1.74. The quantitative estimate of drug-likeness (QED) is 0.610. The minimum absolute atomic E-state index is 0.0211. The van der Waals surface area contributed by atoms with Gasteiger partial charge < -0.3 is 0 Å². The van der Waals surface area contributed by atoms with Crippen molar-refractivity contribution in [2.45, 2.75) is 11.6 Å². The molecule has 2 heterocycles. The van der Waals surface area contributed by atoms with Gasteiger partial charge in [-0.1, -0.05) is 23.7 Å². The number of hydrogen-bond donors (Lipinski definition) is 0. The van der Waals surface area contributed by atoms with Crippen molar-refractivity contribution in [1.82, 2.24) is 18.8 Å². The van der Waals surface area contributed by atoms with E-state index < -0.39 is 10.0 Å². The number of nitriles is 1. The summed E-state index contributed by atoms with van der Waals surface area (Å²) in [5, 5.41) is 10.1. The van der Waals surface area contributed by atoms with E-state index in [9.17, 15) is 18.5 Å². The van der Waals surface area contributed by atoms with E-state index >= 15 is 0 Å². The molecule has 0 spiro atoms. The molecular formula is C20H18ClN5O3S. The molecule has 154 valence electrons. The smallest absolute Gasteiger partial charge is 0.262 e. The van der Waals surface area contributed by atoms with Gasteiger partial charge in [-0.15, -0.1) is 0 Å². The van der Waals surface area contributed by atoms with Crippen molar-refractivity contribution in [1.29, 1.82) is 5.26 Å². The van der Waals surface area contributed by atoms with Crippen LogP contribution in [0.5, 0.6) is 0 Å². The number of hydrogen-bond acceptors (Lipinski definition) is 6. The van der Waals surface area contributed by atoms with Crippen molar-refractivity contribution in [3.05, 3.63) is 69.7 Å². The zero-order valence-electron chi connectivity index (χ0n) is 15.9. The van der Waals surface area contributed by atoms with Crippen LogP contribution in [0.2, 0.25) is 5.02 Å². The van der Waals surface area contributed by atoms with E-state index in [1.54, 1.807) is 30.3 Å². The summed E-state index contributed by atoms with van der Waals surface area (Å²) < 4.78 is 28.8. The predicted octanol–water partition coefficient (Wildman–Crippen LogP) is 1.89. The fourth-order valence-corrected chi connectivity index (χ4v) is 5.22. The van der Waals surface area contributed by atoms with E-state index in [4.69, 9.17) is 11.6 Å². The van der Waals surface area contributed by atoms with Gasteiger partial charge in [-0.3, -0.25) is 14.3 Å². The van der Waals surface area contributed by atoms with Crippen LogP contribution in [-0.4, -0.2) is 53.4 Å². The lowest BCUT2D eigenvalue weighted by Gasteiger charge is -2.34. The summed E-state index contributed by atoms with van der Waals surface area (Å²) in [4.78, 5) is 19.0. The summed E-state index contributed by atoms with van der Waals surface area (Å²) in [5.74, 6) is 0. The molecule has 1 fully saturated rings. The summed E-state index contributed by atoms with van der Waals surface area (Å²) >= 11 is 6.00. The normalized spacial score (nSPS) is 15.9. The van der Waals surface area contributed by atoms with Crippen molar-refractivity contribution < 1.29 is 8.42 Å². The first-order valence-electron chi connectivity index (χ1n) is 9.26. The Bertz CT molecular complexity index is 1310. The third kappa shape index (κ3) is 3.82. The second-order valence-electron chi connectivity index (χ2n) is 6.95. The molecule has 4 rings (SSSR count). The average Bonchev–Trinajstić information content (AvgIpc) is 2.76. The fourth-order valence-electron chi connectivity index (χ4n) is 3.48. The monoisotopic (exact) mass is 443 g/mol. The summed E-state index contributed by atoms with van der Waals surface area (Å²) in [6.07, 6.45) is 1.49. The van der Waals surface area contributed by atoms with Crippen LogP contribution in [0.15, 0.2) is 58.5 Å². The highest BCUT2D eigenvalue weighted by atomic mass is 35.5. The van der Waals surface area contributed by atoms with Gasteiger partial charge in [-0.25, -0.2) is 13.4 Å². The minimum Gasteiger partial charge on any atom is -0.285 e. The second kappa shape index (κ2) is 8.16. The molecule has 30 heavy (non-hydrogen) atoms. The molecule has 8 nitrogen and oxygen atoms in total. The van der Waals surface area contributed by atoms with E-state index in [1.165, 1.54) is 27.3 Å². The molecule has 10 heteroatoms. The summed E-state index contributed by atoms with van der Waals surface area (Å²) in [6, 6.07) is 13.1. The number of sulfonamides is 1. The Balaban J connectivity index is 1.49.